The van der Waals surface area contributed by atoms with Crippen LogP contribution in [0.15, 0.2) is 23.0 Å². The average molecular weight is 391 g/mol. The van der Waals surface area contributed by atoms with Crippen molar-refractivity contribution in [1.29, 1.82) is 0 Å². The number of carbonyl (C=O) groups excluding carboxylic acids is 1. The molecule has 1 aliphatic heterocycles. The maximum atomic E-state index is 13.6. The number of pyridine rings is 1. The summed E-state index contributed by atoms with van der Waals surface area (Å²) in [6.45, 7) is 7.28. The Labute approximate surface area is 169 Å². The van der Waals surface area contributed by atoms with Gasteiger partial charge < -0.3 is 14.2 Å². The minimum absolute atomic E-state index is 0.0215. The van der Waals surface area contributed by atoms with Crippen LogP contribution >= 0.6 is 0 Å². The zero-order chi connectivity index (χ0) is 20.3. The molecule has 5 rings (SSSR count). The Balaban J connectivity index is 1.56. The molecule has 0 spiro atoms. The molecule has 7 heteroatoms. The van der Waals surface area contributed by atoms with Gasteiger partial charge in [0.25, 0.3) is 5.91 Å². The molecule has 3 aromatic rings. The Morgan fingerprint density at radius 1 is 1.21 bits per heavy atom. The van der Waals surface area contributed by atoms with Crippen LogP contribution in [0.1, 0.15) is 52.7 Å². The van der Waals surface area contributed by atoms with Crippen LogP contribution < -0.4 is 4.90 Å². The summed E-state index contributed by atoms with van der Waals surface area (Å²) in [6, 6.07) is 2.07. The zero-order valence-corrected chi connectivity index (χ0v) is 17.3. The molecular weight excluding hydrogens is 366 g/mol. The van der Waals surface area contributed by atoms with E-state index in [1.165, 1.54) is 17.5 Å². The molecule has 0 unspecified atom stereocenters. The predicted octanol–water partition coefficient (Wildman–Crippen LogP) is 3.42. The molecule has 0 bridgehead atoms. The van der Waals surface area contributed by atoms with Crippen molar-refractivity contribution in [1.82, 2.24) is 19.9 Å². The zero-order valence-electron chi connectivity index (χ0n) is 17.3. The summed E-state index contributed by atoms with van der Waals surface area (Å²) in [5.41, 5.74) is 4.50. The van der Waals surface area contributed by atoms with Crippen LogP contribution in [0.5, 0.6) is 0 Å². The smallest absolute Gasteiger partial charge is 0.258 e. The van der Waals surface area contributed by atoms with Gasteiger partial charge in [0.2, 0.25) is 5.71 Å². The summed E-state index contributed by atoms with van der Waals surface area (Å²) in [4.78, 5) is 30.9. The van der Waals surface area contributed by atoms with Crippen molar-refractivity contribution in [3.8, 4) is 0 Å². The van der Waals surface area contributed by atoms with Crippen molar-refractivity contribution in [2.75, 3.05) is 18.5 Å². The quantitative estimate of drug-likeness (QED) is 0.681. The van der Waals surface area contributed by atoms with Crippen LogP contribution in [0.3, 0.4) is 0 Å². The number of furan rings is 1. The lowest BCUT2D eigenvalue weighted by Gasteiger charge is -2.29. The highest BCUT2D eigenvalue weighted by atomic mass is 16.3. The van der Waals surface area contributed by atoms with E-state index in [1.54, 1.807) is 0 Å². The Bertz CT molecular complexity index is 1130. The van der Waals surface area contributed by atoms with E-state index in [4.69, 9.17) is 4.42 Å². The first kappa shape index (κ1) is 18.1. The summed E-state index contributed by atoms with van der Waals surface area (Å²) in [5.74, 6) is 1.34. The molecule has 4 heterocycles. The number of aryl methyl sites for hydroxylation is 2. The van der Waals surface area contributed by atoms with Crippen LogP contribution in [-0.4, -0.2) is 44.9 Å². The summed E-state index contributed by atoms with van der Waals surface area (Å²) >= 11 is 0. The van der Waals surface area contributed by atoms with Crippen LogP contribution in [0.2, 0.25) is 0 Å². The van der Waals surface area contributed by atoms with Gasteiger partial charge in [0.1, 0.15) is 17.9 Å². The normalized spacial score (nSPS) is 17.3. The molecule has 1 saturated carbocycles. The molecule has 7 nitrogen and oxygen atoms in total. The molecule has 0 N–H and O–H groups in total. The number of anilines is 1. The van der Waals surface area contributed by atoms with Gasteiger partial charge in [-0.05, 0) is 57.2 Å². The molecule has 0 aromatic carbocycles. The number of hydrogen-bond acceptors (Lipinski definition) is 6. The standard InChI is InChI=1S/C22H25N5O2/c1-13-9-16-11-27(8-5-15(16)10-23-13)21(28)17-14(2)29-20-18(17)19(24-12-25-20)26(4)22(3)6-7-22/h9-10,12H,5-8,11H2,1-4H3. The third kappa shape index (κ3) is 2.87. The number of amides is 1. The first-order valence-corrected chi connectivity index (χ1v) is 10.1. The fourth-order valence-electron chi connectivity index (χ4n) is 4.20. The number of carbonyl (C=O) groups is 1. The number of nitrogens with zero attached hydrogens (tertiary/aromatic N) is 5. The highest BCUT2D eigenvalue weighted by molar-refractivity contribution is 6.10. The summed E-state index contributed by atoms with van der Waals surface area (Å²) < 4.78 is 5.89. The molecule has 2 aliphatic rings. The van der Waals surface area contributed by atoms with E-state index in [2.05, 4.69) is 32.8 Å². The number of aromatic nitrogens is 3. The van der Waals surface area contributed by atoms with Crippen LogP contribution in [0.25, 0.3) is 11.1 Å². The van der Waals surface area contributed by atoms with Crippen molar-refractivity contribution in [3.63, 3.8) is 0 Å². The molecule has 3 aromatic heterocycles. The lowest BCUT2D eigenvalue weighted by molar-refractivity contribution is 0.0734. The van der Waals surface area contributed by atoms with Crippen LogP contribution in [0.4, 0.5) is 5.82 Å². The summed E-state index contributed by atoms with van der Waals surface area (Å²) in [6.07, 6.45) is 6.49. The Morgan fingerprint density at radius 3 is 2.76 bits per heavy atom. The van der Waals surface area contributed by atoms with E-state index in [1.807, 2.05) is 32.0 Å². The SMILES string of the molecule is Cc1cc2c(cn1)CCN(C(=O)c1c(C)oc3ncnc(N(C)C4(C)CC4)c13)C2. The van der Waals surface area contributed by atoms with Gasteiger partial charge in [-0.15, -0.1) is 0 Å². The van der Waals surface area contributed by atoms with Gasteiger partial charge in [-0.1, -0.05) is 0 Å². The van der Waals surface area contributed by atoms with Gasteiger partial charge >= 0.3 is 0 Å². The van der Waals surface area contributed by atoms with Crippen LogP contribution in [0, 0.1) is 13.8 Å². The minimum Gasteiger partial charge on any atom is -0.442 e. The highest BCUT2D eigenvalue weighted by Crippen LogP contribution is 2.44. The van der Waals surface area contributed by atoms with Gasteiger partial charge in [-0.2, -0.15) is 0 Å². The van der Waals surface area contributed by atoms with Gasteiger partial charge in [0, 0.05) is 37.6 Å². The van der Waals surface area contributed by atoms with Gasteiger partial charge in [0.05, 0.1) is 10.9 Å². The minimum atomic E-state index is -0.0215. The van der Waals surface area contributed by atoms with Crippen molar-refractivity contribution in [3.05, 3.63) is 46.7 Å². The highest BCUT2D eigenvalue weighted by Gasteiger charge is 2.43. The lowest BCUT2D eigenvalue weighted by Crippen LogP contribution is -2.36. The van der Waals surface area contributed by atoms with Gasteiger partial charge in [0.15, 0.2) is 0 Å². The van der Waals surface area contributed by atoms with Crippen LogP contribution in [-0.2, 0) is 13.0 Å². The monoisotopic (exact) mass is 391 g/mol. The van der Waals surface area contributed by atoms with E-state index >= 15 is 0 Å². The first-order chi connectivity index (χ1) is 13.9. The van der Waals surface area contributed by atoms with E-state index in [9.17, 15) is 4.79 Å². The molecular formula is C22H25N5O2. The Kier molecular flexibility index (Phi) is 3.91. The molecule has 0 saturated heterocycles. The molecule has 1 amide bonds. The number of fused-ring (bicyclic) bond motifs is 2. The van der Waals surface area contributed by atoms with E-state index in [-0.39, 0.29) is 11.4 Å². The van der Waals surface area contributed by atoms with Crippen molar-refractivity contribution >= 4 is 22.8 Å². The molecule has 0 atom stereocenters. The molecule has 29 heavy (non-hydrogen) atoms. The maximum absolute atomic E-state index is 13.6. The first-order valence-electron chi connectivity index (χ1n) is 10.1. The second-order valence-electron chi connectivity index (χ2n) is 8.54. The van der Waals surface area contributed by atoms with E-state index in [0.717, 1.165) is 36.2 Å². The topological polar surface area (TPSA) is 75.4 Å². The Hall–Kier alpha value is -2.96. The fraction of sp³-hybridized carbons (Fsp3) is 0.455. The van der Waals surface area contributed by atoms with E-state index in [0.29, 0.717) is 30.1 Å². The van der Waals surface area contributed by atoms with Crippen molar-refractivity contribution in [2.24, 2.45) is 0 Å². The third-order valence-corrected chi connectivity index (χ3v) is 6.48. The number of hydrogen-bond donors (Lipinski definition) is 0. The van der Waals surface area contributed by atoms with Gasteiger partial charge in [-0.3, -0.25) is 9.78 Å². The van der Waals surface area contributed by atoms with Crippen molar-refractivity contribution in [2.45, 2.75) is 52.1 Å². The lowest BCUT2D eigenvalue weighted by atomic mass is 10.00. The predicted molar refractivity (Wildman–Crippen MR) is 110 cm³/mol. The molecule has 150 valence electrons. The average Bonchev–Trinajstić information content (AvgIpc) is 3.37. The Morgan fingerprint density at radius 2 is 2.00 bits per heavy atom. The largest absolute Gasteiger partial charge is 0.442 e. The fourth-order valence-corrected chi connectivity index (χ4v) is 4.20. The summed E-state index contributed by atoms with van der Waals surface area (Å²) in [7, 11) is 2.04. The summed E-state index contributed by atoms with van der Waals surface area (Å²) in [5, 5.41) is 0.724. The molecule has 1 aliphatic carbocycles. The van der Waals surface area contributed by atoms with E-state index < -0.39 is 0 Å². The second-order valence-corrected chi connectivity index (χ2v) is 8.54. The van der Waals surface area contributed by atoms with Crippen molar-refractivity contribution < 1.29 is 9.21 Å². The van der Waals surface area contributed by atoms with Gasteiger partial charge in [-0.25, -0.2) is 9.97 Å². The number of rotatable bonds is 3. The molecule has 1 fully saturated rings. The second kappa shape index (κ2) is 6.27. The maximum Gasteiger partial charge on any atom is 0.258 e. The third-order valence-electron chi connectivity index (χ3n) is 6.48. The molecule has 0 radical (unpaired) electrons.